The van der Waals surface area contributed by atoms with Crippen LogP contribution in [0.5, 0.6) is 17.2 Å². The van der Waals surface area contributed by atoms with Crippen LogP contribution in [0.15, 0.2) is 47.5 Å². The first-order chi connectivity index (χ1) is 12.5. The minimum absolute atomic E-state index is 0. The van der Waals surface area contributed by atoms with Gasteiger partial charge in [0.15, 0.2) is 17.5 Å². The Kier molecular flexibility index (Phi) is 9.77. The SMILES string of the molecule is COc1ccc(NC(N)=NCC(C)Cc2ccc(OC)c(OC)c2)cc1.I. The number of anilines is 1. The molecule has 0 amide bonds. The molecular weight excluding hydrogens is 457 g/mol. The number of nitrogens with two attached hydrogens (primary N) is 1. The van der Waals surface area contributed by atoms with Gasteiger partial charge in [-0.2, -0.15) is 0 Å². The average Bonchev–Trinajstić information content (AvgIpc) is 2.67. The molecule has 1 unspecified atom stereocenters. The first-order valence-corrected chi connectivity index (χ1v) is 8.47. The maximum Gasteiger partial charge on any atom is 0.193 e. The van der Waals surface area contributed by atoms with Crippen molar-refractivity contribution in [3.05, 3.63) is 48.0 Å². The van der Waals surface area contributed by atoms with Crippen LogP contribution >= 0.6 is 24.0 Å². The van der Waals surface area contributed by atoms with Crippen molar-refractivity contribution in [1.29, 1.82) is 0 Å². The number of aliphatic imine (C=N–C) groups is 1. The molecule has 3 N–H and O–H groups in total. The van der Waals surface area contributed by atoms with Crippen molar-refractivity contribution >= 4 is 35.6 Å². The second-order valence-corrected chi connectivity index (χ2v) is 6.08. The number of halogens is 1. The number of benzene rings is 2. The molecule has 6 nitrogen and oxygen atoms in total. The Balaban J connectivity index is 0.00000364. The van der Waals surface area contributed by atoms with Gasteiger partial charge in [0.1, 0.15) is 5.75 Å². The summed E-state index contributed by atoms with van der Waals surface area (Å²) in [5, 5.41) is 3.08. The topological polar surface area (TPSA) is 78.1 Å². The van der Waals surface area contributed by atoms with E-state index in [4.69, 9.17) is 19.9 Å². The van der Waals surface area contributed by atoms with E-state index in [1.807, 2.05) is 42.5 Å². The highest BCUT2D eigenvalue weighted by molar-refractivity contribution is 14.0. The fourth-order valence-electron chi connectivity index (χ4n) is 2.59. The van der Waals surface area contributed by atoms with Gasteiger partial charge in [-0.1, -0.05) is 13.0 Å². The summed E-state index contributed by atoms with van der Waals surface area (Å²) in [6, 6.07) is 13.5. The van der Waals surface area contributed by atoms with Gasteiger partial charge >= 0.3 is 0 Å². The highest BCUT2D eigenvalue weighted by atomic mass is 127. The van der Waals surface area contributed by atoms with E-state index in [-0.39, 0.29) is 24.0 Å². The Morgan fingerprint density at radius 3 is 2.26 bits per heavy atom. The number of hydrogen-bond donors (Lipinski definition) is 2. The van der Waals surface area contributed by atoms with Crippen LogP contribution in [-0.2, 0) is 6.42 Å². The van der Waals surface area contributed by atoms with Crippen molar-refractivity contribution in [2.24, 2.45) is 16.6 Å². The van der Waals surface area contributed by atoms with Gasteiger partial charge in [0, 0.05) is 12.2 Å². The van der Waals surface area contributed by atoms with Crippen LogP contribution in [0.4, 0.5) is 5.69 Å². The molecule has 0 aliphatic rings. The number of methoxy groups -OCH3 is 3. The van der Waals surface area contributed by atoms with Gasteiger partial charge in [-0.15, -0.1) is 24.0 Å². The van der Waals surface area contributed by atoms with Crippen LogP contribution in [0.2, 0.25) is 0 Å². The monoisotopic (exact) mass is 485 g/mol. The Morgan fingerprint density at radius 1 is 1.00 bits per heavy atom. The summed E-state index contributed by atoms with van der Waals surface area (Å²) in [5.74, 6) is 3.00. The van der Waals surface area contributed by atoms with Gasteiger partial charge in [0.05, 0.1) is 21.3 Å². The lowest BCUT2D eigenvalue weighted by Crippen LogP contribution is -2.23. The number of nitrogens with zero attached hydrogens (tertiary/aromatic N) is 1. The Bertz CT molecular complexity index is 736. The van der Waals surface area contributed by atoms with Gasteiger partial charge in [0.2, 0.25) is 0 Å². The van der Waals surface area contributed by atoms with E-state index in [0.717, 1.165) is 29.4 Å². The van der Waals surface area contributed by atoms with E-state index in [0.29, 0.717) is 18.4 Å². The summed E-state index contributed by atoms with van der Waals surface area (Å²) in [6.07, 6.45) is 0.875. The fraction of sp³-hybridized carbons (Fsp3) is 0.350. The van der Waals surface area contributed by atoms with E-state index in [2.05, 4.69) is 17.2 Å². The molecule has 0 spiro atoms. The third-order valence-corrected chi connectivity index (χ3v) is 3.97. The number of guanidine groups is 1. The first kappa shape index (κ1) is 22.9. The standard InChI is InChI=1S/C20H27N3O3.HI/c1-14(11-15-5-10-18(25-3)19(12-15)26-4)13-22-20(21)23-16-6-8-17(24-2)9-7-16;/h5-10,12,14H,11,13H2,1-4H3,(H3,21,22,23);1H. The molecule has 0 heterocycles. The molecule has 2 aromatic rings. The highest BCUT2D eigenvalue weighted by Crippen LogP contribution is 2.28. The van der Waals surface area contributed by atoms with Crippen LogP contribution in [0.25, 0.3) is 0 Å². The molecule has 1 atom stereocenters. The van der Waals surface area contributed by atoms with Crippen LogP contribution in [0.1, 0.15) is 12.5 Å². The zero-order valence-electron chi connectivity index (χ0n) is 16.2. The second-order valence-electron chi connectivity index (χ2n) is 6.08. The second kappa shape index (κ2) is 11.5. The number of nitrogens with one attached hydrogen (secondary N) is 1. The predicted octanol–water partition coefficient (Wildman–Crippen LogP) is 3.94. The van der Waals surface area contributed by atoms with Gasteiger partial charge in [-0.3, -0.25) is 4.99 Å². The summed E-state index contributed by atoms with van der Waals surface area (Å²) in [5.41, 5.74) is 8.02. The third-order valence-electron chi connectivity index (χ3n) is 3.97. The number of rotatable bonds is 8. The van der Waals surface area contributed by atoms with Gasteiger partial charge < -0.3 is 25.3 Å². The minimum atomic E-state index is 0. The minimum Gasteiger partial charge on any atom is -0.497 e. The predicted molar refractivity (Wildman–Crippen MR) is 121 cm³/mol. The zero-order chi connectivity index (χ0) is 18.9. The smallest absolute Gasteiger partial charge is 0.193 e. The molecule has 2 rings (SSSR count). The number of ether oxygens (including phenoxy) is 3. The molecule has 2 aromatic carbocycles. The maximum absolute atomic E-state index is 5.97. The van der Waals surface area contributed by atoms with Crippen LogP contribution < -0.4 is 25.3 Å². The molecule has 0 bridgehead atoms. The van der Waals surface area contributed by atoms with Crippen LogP contribution in [0, 0.1) is 5.92 Å². The average molecular weight is 485 g/mol. The molecule has 7 heteroatoms. The molecule has 0 aliphatic carbocycles. The summed E-state index contributed by atoms with van der Waals surface area (Å²) in [7, 11) is 4.91. The highest BCUT2D eigenvalue weighted by Gasteiger charge is 2.08. The van der Waals surface area contributed by atoms with Crippen molar-refractivity contribution < 1.29 is 14.2 Å². The summed E-state index contributed by atoms with van der Waals surface area (Å²) in [6.45, 7) is 2.77. The molecular formula is C20H28IN3O3. The van der Waals surface area contributed by atoms with Crippen LogP contribution in [-0.4, -0.2) is 33.8 Å². The maximum atomic E-state index is 5.97. The molecule has 27 heavy (non-hydrogen) atoms. The van der Waals surface area contributed by atoms with Crippen molar-refractivity contribution in [1.82, 2.24) is 0 Å². The lowest BCUT2D eigenvalue weighted by Gasteiger charge is -2.13. The normalized spacial score (nSPS) is 11.9. The van der Waals surface area contributed by atoms with E-state index >= 15 is 0 Å². The molecule has 0 fully saturated rings. The molecule has 148 valence electrons. The van der Waals surface area contributed by atoms with Crippen molar-refractivity contribution in [3.63, 3.8) is 0 Å². The van der Waals surface area contributed by atoms with Crippen LogP contribution in [0.3, 0.4) is 0 Å². The zero-order valence-corrected chi connectivity index (χ0v) is 18.5. The molecule has 0 radical (unpaired) electrons. The van der Waals surface area contributed by atoms with Crippen molar-refractivity contribution in [3.8, 4) is 17.2 Å². The first-order valence-electron chi connectivity index (χ1n) is 8.47. The Labute approximate surface area is 178 Å². The van der Waals surface area contributed by atoms with E-state index in [9.17, 15) is 0 Å². The molecule has 0 saturated carbocycles. The number of hydrogen-bond acceptors (Lipinski definition) is 4. The Hall–Kier alpha value is -2.16. The van der Waals surface area contributed by atoms with Crippen molar-refractivity contribution in [2.75, 3.05) is 33.2 Å². The lowest BCUT2D eigenvalue weighted by molar-refractivity contribution is 0.354. The largest absolute Gasteiger partial charge is 0.497 e. The summed E-state index contributed by atoms with van der Waals surface area (Å²) >= 11 is 0. The van der Waals surface area contributed by atoms with E-state index in [1.54, 1.807) is 21.3 Å². The van der Waals surface area contributed by atoms with Gasteiger partial charge in [-0.05, 0) is 54.3 Å². The van der Waals surface area contributed by atoms with Crippen molar-refractivity contribution in [2.45, 2.75) is 13.3 Å². The van der Waals surface area contributed by atoms with E-state index < -0.39 is 0 Å². The lowest BCUT2D eigenvalue weighted by atomic mass is 10.0. The van der Waals surface area contributed by atoms with E-state index in [1.165, 1.54) is 5.56 Å². The summed E-state index contributed by atoms with van der Waals surface area (Å²) in [4.78, 5) is 4.43. The Morgan fingerprint density at radius 2 is 1.67 bits per heavy atom. The molecule has 0 aromatic heterocycles. The molecule has 0 aliphatic heterocycles. The quantitative estimate of drug-likeness (QED) is 0.337. The molecule has 0 saturated heterocycles. The van der Waals surface area contributed by atoms with Gasteiger partial charge in [0.25, 0.3) is 0 Å². The fourth-order valence-corrected chi connectivity index (χ4v) is 2.59. The third kappa shape index (κ3) is 7.16. The van der Waals surface area contributed by atoms with Gasteiger partial charge in [-0.25, -0.2) is 0 Å². The summed E-state index contributed by atoms with van der Waals surface area (Å²) < 4.78 is 15.7.